The molecule has 1 atom stereocenters. The number of hydrogen-bond acceptors (Lipinski definition) is 9. The smallest absolute Gasteiger partial charge is 0.407 e. The molecule has 0 radical (unpaired) electrons. The topological polar surface area (TPSA) is 142 Å². The van der Waals surface area contributed by atoms with Crippen molar-refractivity contribution >= 4 is 18.2 Å². The molecule has 234 valence electrons. The fourth-order valence-electron chi connectivity index (χ4n) is 5.09. The van der Waals surface area contributed by atoms with E-state index >= 15 is 0 Å². The first kappa shape index (κ1) is 31.2. The lowest BCUT2D eigenvalue weighted by Crippen LogP contribution is -2.34. The number of rotatable bonds is 11. The number of carbonyl (C=O) groups excluding carboxylic acids is 3. The molecule has 0 spiro atoms. The molecule has 3 aromatic carbocycles. The van der Waals surface area contributed by atoms with Crippen LogP contribution in [0.3, 0.4) is 0 Å². The molecule has 0 saturated heterocycles. The highest BCUT2D eigenvalue weighted by atomic mass is 16.6. The number of benzene rings is 3. The molecule has 0 bridgehead atoms. The molecule has 11 heteroatoms. The number of alkyl carbamates (subject to hydrolysis) is 2. The number of carbonyl (C=O) groups is 3. The van der Waals surface area contributed by atoms with Crippen molar-refractivity contribution in [3.8, 4) is 11.1 Å². The van der Waals surface area contributed by atoms with Crippen LogP contribution in [-0.4, -0.2) is 47.0 Å². The maximum Gasteiger partial charge on any atom is 0.407 e. The maximum atomic E-state index is 13.1. The zero-order valence-electron chi connectivity index (χ0n) is 25.4. The van der Waals surface area contributed by atoms with Crippen LogP contribution in [0.15, 0.2) is 83.4 Å². The monoisotopic (exact) mass is 612 g/mol. The minimum absolute atomic E-state index is 0.0102. The van der Waals surface area contributed by atoms with Crippen LogP contribution in [0.2, 0.25) is 0 Å². The van der Waals surface area contributed by atoms with Crippen molar-refractivity contribution < 1.29 is 33.1 Å². The normalized spacial score (nSPS) is 12.9. The molecule has 0 saturated carbocycles. The van der Waals surface area contributed by atoms with Gasteiger partial charge in [0.15, 0.2) is 5.82 Å². The third kappa shape index (κ3) is 8.47. The van der Waals surface area contributed by atoms with E-state index in [4.69, 9.17) is 18.7 Å². The molecule has 45 heavy (non-hydrogen) atoms. The van der Waals surface area contributed by atoms with Gasteiger partial charge in [-0.05, 0) is 48.6 Å². The second kappa shape index (κ2) is 14.1. The van der Waals surface area contributed by atoms with E-state index in [1.165, 1.54) is 0 Å². The van der Waals surface area contributed by atoms with E-state index in [9.17, 15) is 14.4 Å². The Morgan fingerprint density at radius 3 is 2.18 bits per heavy atom. The van der Waals surface area contributed by atoms with Gasteiger partial charge in [-0.25, -0.2) is 9.59 Å². The molecule has 0 unspecified atom stereocenters. The lowest BCUT2D eigenvalue weighted by atomic mass is 9.98. The fourth-order valence-corrected chi connectivity index (χ4v) is 5.09. The minimum Gasteiger partial charge on any atom is -0.460 e. The van der Waals surface area contributed by atoms with Crippen molar-refractivity contribution in [2.75, 3.05) is 13.2 Å². The Bertz CT molecular complexity index is 1590. The van der Waals surface area contributed by atoms with E-state index in [-0.39, 0.29) is 50.2 Å². The van der Waals surface area contributed by atoms with E-state index in [0.29, 0.717) is 0 Å². The molecule has 2 amide bonds. The van der Waals surface area contributed by atoms with Gasteiger partial charge in [-0.2, -0.15) is 4.98 Å². The predicted molar refractivity (Wildman–Crippen MR) is 164 cm³/mol. The van der Waals surface area contributed by atoms with Crippen molar-refractivity contribution in [3.05, 3.63) is 107 Å². The van der Waals surface area contributed by atoms with Crippen LogP contribution >= 0.6 is 0 Å². The summed E-state index contributed by atoms with van der Waals surface area (Å²) in [6.07, 6.45) is -1.35. The number of hydrogen-bond donors (Lipinski definition) is 2. The second-order valence-corrected chi connectivity index (χ2v) is 11.6. The molecule has 2 N–H and O–H groups in total. The van der Waals surface area contributed by atoms with Gasteiger partial charge in [0.05, 0.1) is 6.42 Å². The number of amides is 2. The summed E-state index contributed by atoms with van der Waals surface area (Å²) < 4.78 is 21.8. The van der Waals surface area contributed by atoms with Crippen molar-refractivity contribution in [3.63, 3.8) is 0 Å². The summed E-state index contributed by atoms with van der Waals surface area (Å²) in [7, 11) is 0. The van der Waals surface area contributed by atoms with Crippen LogP contribution in [-0.2, 0) is 32.0 Å². The van der Waals surface area contributed by atoms with Crippen molar-refractivity contribution in [2.45, 2.75) is 57.8 Å². The third-order valence-corrected chi connectivity index (χ3v) is 7.04. The van der Waals surface area contributed by atoms with Gasteiger partial charge < -0.3 is 29.4 Å². The lowest BCUT2D eigenvalue weighted by Gasteiger charge is -2.21. The van der Waals surface area contributed by atoms with Crippen LogP contribution in [0, 0.1) is 0 Å². The molecule has 11 nitrogen and oxygen atoms in total. The third-order valence-electron chi connectivity index (χ3n) is 7.04. The summed E-state index contributed by atoms with van der Waals surface area (Å²) in [4.78, 5) is 42.2. The summed E-state index contributed by atoms with van der Waals surface area (Å²) in [5.74, 6) is -0.406. The van der Waals surface area contributed by atoms with Crippen molar-refractivity contribution in [1.29, 1.82) is 0 Å². The Morgan fingerprint density at radius 1 is 0.867 bits per heavy atom. The molecule has 1 aliphatic carbocycles. The summed E-state index contributed by atoms with van der Waals surface area (Å²) in [6, 6.07) is 24.4. The molecule has 1 aromatic heterocycles. The van der Waals surface area contributed by atoms with Crippen LogP contribution in [0.25, 0.3) is 11.1 Å². The number of nitrogens with zero attached hydrogens (tertiary/aromatic N) is 2. The van der Waals surface area contributed by atoms with Gasteiger partial charge in [0, 0.05) is 18.9 Å². The van der Waals surface area contributed by atoms with Crippen molar-refractivity contribution in [2.24, 2.45) is 0 Å². The molecular weight excluding hydrogens is 576 g/mol. The summed E-state index contributed by atoms with van der Waals surface area (Å²) in [6.45, 7) is 5.68. The zero-order valence-corrected chi connectivity index (χ0v) is 25.4. The highest BCUT2D eigenvalue weighted by Gasteiger charge is 2.31. The van der Waals surface area contributed by atoms with Gasteiger partial charge in [0.25, 0.3) is 0 Å². The average Bonchev–Trinajstić information content (AvgIpc) is 3.61. The van der Waals surface area contributed by atoms with Gasteiger partial charge in [-0.15, -0.1) is 0 Å². The quantitative estimate of drug-likeness (QED) is 0.158. The van der Waals surface area contributed by atoms with E-state index in [1.54, 1.807) is 20.8 Å². The Kier molecular flexibility index (Phi) is 9.76. The molecule has 1 aliphatic rings. The number of ether oxygens (including phenoxy) is 3. The molecule has 5 rings (SSSR count). The van der Waals surface area contributed by atoms with E-state index in [1.807, 2.05) is 66.7 Å². The zero-order chi connectivity index (χ0) is 31.8. The van der Waals surface area contributed by atoms with Gasteiger partial charge in [-0.1, -0.05) is 84.0 Å². The first-order chi connectivity index (χ1) is 21.7. The van der Waals surface area contributed by atoms with Crippen LogP contribution in [0.5, 0.6) is 0 Å². The van der Waals surface area contributed by atoms with Gasteiger partial charge in [-0.3, -0.25) is 4.79 Å². The Hall–Kier alpha value is -5.19. The SMILES string of the molecule is CC(C)(C)OC(=O)C[C@@H](NC(=O)OCC1c2ccccc2-c2ccccc21)c1nc(CCNC(=O)OCc2ccccc2)no1. The summed E-state index contributed by atoms with van der Waals surface area (Å²) in [5, 5.41) is 9.29. The van der Waals surface area contributed by atoms with Gasteiger partial charge in [0.2, 0.25) is 5.89 Å². The highest BCUT2D eigenvalue weighted by molar-refractivity contribution is 5.79. The van der Waals surface area contributed by atoms with E-state index in [0.717, 1.165) is 27.8 Å². The molecule has 1 heterocycles. The van der Waals surface area contributed by atoms with Crippen molar-refractivity contribution in [1.82, 2.24) is 20.8 Å². The highest BCUT2D eigenvalue weighted by Crippen LogP contribution is 2.44. The number of fused-ring (bicyclic) bond motifs is 3. The largest absolute Gasteiger partial charge is 0.460 e. The lowest BCUT2D eigenvalue weighted by molar-refractivity contribution is -0.155. The molecule has 0 aliphatic heterocycles. The first-order valence-corrected chi connectivity index (χ1v) is 14.8. The Labute approximate surface area is 261 Å². The van der Waals surface area contributed by atoms with Gasteiger partial charge in [0.1, 0.15) is 24.9 Å². The Morgan fingerprint density at radius 2 is 1.51 bits per heavy atom. The molecule has 4 aromatic rings. The standard InChI is InChI=1S/C34H36N4O7/c1-34(2,3)44-30(39)19-28(31-37-29(38-45-31)17-18-35-32(40)42-20-22-11-5-4-6-12-22)36-33(41)43-21-27-25-15-9-7-13-23(25)24-14-8-10-16-26(24)27/h4-16,27-28H,17-21H2,1-3H3,(H,35,40)(H,36,41)/t28-/m1/s1. The van der Waals surface area contributed by atoms with Crippen LogP contribution < -0.4 is 10.6 Å². The van der Waals surface area contributed by atoms with Crippen LogP contribution in [0.4, 0.5) is 9.59 Å². The van der Waals surface area contributed by atoms with E-state index < -0.39 is 29.8 Å². The average molecular weight is 613 g/mol. The first-order valence-electron chi connectivity index (χ1n) is 14.8. The Balaban J connectivity index is 1.19. The predicted octanol–water partition coefficient (Wildman–Crippen LogP) is 5.85. The summed E-state index contributed by atoms with van der Waals surface area (Å²) >= 11 is 0. The number of nitrogens with one attached hydrogen (secondary N) is 2. The molecule has 0 fully saturated rings. The maximum absolute atomic E-state index is 13.1. The number of aromatic nitrogens is 2. The number of esters is 1. The second-order valence-electron chi connectivity index (χ2n) is 11.6. The fraction of sp³-hybridized carbons (Fsp3) is 0.324. The molecular formula is C34H36N4O7. The van der Waals surface area contributed by atoms with Gasteiger partial charge >= 0.3 is 18.2 Å². The summed E-state index contributed by atoms with van der Waals surface area (Å²) in [5.41, 5.74) is 4.53. The minimum atomic E-state index is -0.999. The van der Waals surface area contributed by atoms with E-state index in [2.05, 4.69) is 32.9 Å². The van der Waals surface area contributed by atoms with Crippen LogP contribution in [0.1, 0.15) is 67.6 Å².